The van der Waals surface area contributed by atoms with Crippen LogP contribution < -0.4 is 10.1 Å². The van der Waals surface area contributed by atoms with Crippen LogP contribution >= 0.6 is 0 Å². The van der Waals surface area contributed by atoms with E-state index in [9.17, 15) is 22.8 Å². The standard InChI is InChI=1S/C23H27F3N2O5/c1-4-32-20(29)8-9-27-14-16-12-17(23(24,25)26)6-7-18(16)19-10-15(11-21(30)33-5-2)13-28-22(19)31-3/h6-7,10,12-13,27H,4-5,8-9,11,14H2,1-3H3. The van der Waals surface area contributed by atoms with E-state index in [4.69, 9.17) is 14.2 Å². The first kappa shape index (κ1) is 26.1. The van der Waals surface area contributed by atoms with Crippen molar-refractivity contribution in [1.82, 2.24) is 10.3 Å². The van der Waals surface area contributed by atoms with Crippen molar-refractivity contribution in [2.45, 2.75) is 39.4 Å². The summed E-state index contributed by atoms with van der Waals surface area (Å²) in [5.74, 6) is -0.634. The fourth-order valence-corrected chi connectivity index (χ4v) is 3.15. The molecule has 0 saturated heterocycles. The second-order valence-corrected chi connectivity index (χ2v) is 6.98. The van der Waals surface area contributed by atoms with Crippen LogP contribution in [0.3, 0.4) is 0 Å². The van der Waals surface area contributed by atoms with Crippen LogP contribution in [-0.2, 0) is 38.2 Å². The Bertz CT molecular complexity index is 964. The summed E-state index contributed by atoms with van der Waals surface area (Å²) in [6.45, 7) is 4.16. The summed E-state index contributed by atoms with van der Waals surface area (Å²) in [6, 6.07) is 5.02. The fourth-order valence-electron chi connectivity index (χ4n) is 3.15. The van der Waals surface area contributed by atoms with E-state index in [2.05, 4.69) is 10.3 Å². The largest absolute Gasteiger partial charge is 0.481 e. The summed E-state index contributed by atoms with van der Waals surface area (Å²) >= 11 is 0. The fraction of sp³-hybridized carbons (Fsp3) is 0.435. The van der Waals surface area contributed by atoms with Gasteiger partial charge in [0.25, 0.3) is 0 Å². The molecule has 0 aliphatic rings. The number of methoxy groups -OCH3 is 1. The van der Waals surface area contributed by atoms with E-state index in [0.29, 0.717) is 22.3 Å². The van der Waals surface area contributed by atoms with E-state index in [1.54, 1.807) is 19.9 Å². The maximum absolute atomic E-state index is 13.3. The molecule has 180 valence electrons. The summed E-state index contributed by atoms with van der Waals surface area (Å²) in [7, 11) is 1.40. The van der Waals surface area contributed by atoms with Crippen molar-refractivity contribution in [3.05, 3.63) is 47.2 Å². The minimum Gasteiger partial charge on any atom is -0.481 e. The highest BCUT2D eigenvalue weighted by atomic mass is 19.4. The van der Waals surface area contributed by atoms with Crippen LogP contribution in [0.4, 0.5) is 13.2 Å². The number of pyridine rings is 1. The van der Waals surface area contributed by atoms with Crippen molar-refractivity contribution in [1.29, 1.82) is 0 Å². The van der Waals surface area contributed by atoms with Crippen molar-refractivity contribution in [3.63, 3.8) is 0 Å². The number of nitrogens with one attached hydrogen (secondary N) is 1. The predicted octanol–water partition coefficient (Wildman–Crippen LogP) is 3.92. The lowest BCUT2D eigenvalue weighted by molar-refractivity contribution is -0.143. The van der Waals surface area contributed by atoms with Gasteiger partial charge >= 0.3 is 18.1 Å². The number of halogens is 3. The van der Waals surface area contributed by atoms with Gasteiger partial charge in [0.15, 0.2) is 0 Å². The van der Waals surface area contributed by atoms with Crippen molar-refractivity contribution < 1.29 is 37.0 Å². The number of carbonyl (C=O) groups excluding carboxylic acids is 2. The molecular weight excluding hydrogens is 441 g/mol. The van der Waals surface area contributed by atoms with E-state index >= 15 is 0 Å². The van der Waals surface area contributed by atoms with E-state index in [-0.39, 0.29) is 45.0 Å². The van der Waals surface area contributed by atoms with Gasteiger partial charge in [-0.1, -0.05) is 6.07 Å². The molecule has 0 saturated carbocycles. The predicted molar refractivity (Wildman–Crippen MR) is 115 cm³/mol. The van der Waals surface area contributed by atoms with Gasteiger partial charge in [-0.2, -0.15) is 13.2 Å². The molecule has 7 nitrogen and oxygen atoms in total. The Kier molecular flexibility index (Phi) is 9.65. The molecule has 1 aromatic carbocycles. The first-order valence-electron chi connectivity index (χ1n) is 10.4. The van der Waals surface area contributed by atoms with Crippen LogP contribution in [0, 0.1) is 0 Å². The van der Waals surface area contributed by atoms with Gasteiger partial charge in [-0.15, -0.1) is 0 Å². The molecule has 1 N–H and O–H groups in total. The Morgan fingerprint density at radius 1 is 1.03 bits per heavy atom. The molecule has 0 atom stereocenters. The highest BCUT2D eigenvalue weighted by molar-refractivity contribution is 5.76. The van der Waals surface area contributed by atoms with Crippen LogP contribution in [0.2, 0.25) is 0 Å². The lowest BCUT2D eigenvalue weighted by Crippen LogP contribution is -2.20. The SMILES string of the molecule is CCOC(=O)CCNCc1cc(C(F)(F)F)ccc1-c1cc(CC(=O)OCC)cnc1OC. The Morgan fingerprint density at radius 2 is 1.73 bits per heavy atom. The monoisotopic (exact) mass is 468 g/mol. The van der Waals surface area contributed by atoms with Gasteiger partial charge < -0.3 is 19.5 Å². The maximum atomic E-state index is 13.3. The lowest BCUT2D eigenvalue weighted by atomic mass is 9.96. The Labute approximate surface area is 190 Å². The normalized spacial score (nSPS) is 11.2. The molecule has 0 aliphatic heterocycles. The number of ether oxygens (including phenoxy) is 3. The maximum Gasteiger partial charge on any atom is 0.416 e. The first-order valence-corrected chi connectivity index (χ1v) is 10.4. The molecule has 1 heterocycles. The van der Waals surface area contributed by atoms with Crippen molar-refractivity contribution in [2.75, 3.05) is 26.9 Å². The van der Waals surface area contributed by atoms with E-state index in [1.165, 1.54) is 19.4 Å². The van der Waals surface area contributed by atoms with E-state index in [0.717, 1.165) is 12.1 Å². The molecule has 0 bridgehead atoms. The zero-order valence-electron chi connectivity index (χ0n) is 18.8. The Hall–Kier alpha value is -3.14. The Morgan fingerprint density at radius 3 is 2.36 bits per heavy atom. The van der Waals surface area contributed by atoms with Gasteiger partial charge in [-0.3, -0.25) is 9.59 Å². The third-order valence-corrected chi connectivity index (χ3v) is 4.60. The molecule has 2 aromatic rings. The van der Waals surface area contributed by atoms with Crippen LogP contribution in [0.5, 0.6) is 5.88 Å². The first-order chi connectivity index (χ1) is 15.7. The average Bonchev–Trinajstić information content (AvgIpc) is 2.76. The third kappa shape index (κ3) is 7.74. The van der Waals surface area contributed by atoms with E-state index < -0.39 is 23.7 Å². The van der Waals surface area contributed by atoms with Gasteiger partial charge in [-0.05, 0) is 48.7 Å². The lowest BCUT2D eigenvalue weighted by Gasteiger charge is -2.17. The number of hydrogen-bond acceptors (Lipinski definition) is 7. The molecule has 1 aromatic heterocycles. The number of aromatic nitrogens is 1. The minimum atomic E-state index is -4.52. The molecule has 0 fully saturated rings. The van der Waals surface area contributed by atoms with Crippen LogP contribution in [-0.4, -0.2) is 43.8 Å². The zero-order chi connectivity index (χ0) is 24.4. The highest BCUT2D eigenvalue weighted by Crippen LogP contribution is 2.36. The van der Waals surface area contributed by atoms with Gasteiger partial charge in [-0.25, -0.2) is 4.98 Å². The molecule has 10 heteroatoms. The van der Waals surface area contributed by atoms with Crippen molar-refractivity contribution >= 4 is 11.9 Å². The molecular formula is C23H27F3N2O5. The van der Waals surface area contributed by atoms with Gasteiger partial charge in [0, 0.05) is 24.8 Å². The van der Waals surface area contributed by atoms with Gasteiger partial charge in [0.1, 0.15) is 0 Å². The number of alkyl halides is 3. The minimum absolute atomic E-state index is 0.0361. The smallest absolute Gasteiger partial charge is 0.416 e. The zero-order valence-corrected chi connectivity index (χ0v) is 18.8. The third-order valence-electron chi connectivity index (χ3n) is 4.60. The molecule has 0 aliphatic carbocycles. The van der Waals surface area contributed by atoms with Crippen molar-refractivity contribution in [2.24, 2.45) is 0 Å². The molecule has 0 spiro atoms. The summed E-state index contributed by atoms with van der Waals surface area (Å²) in [4.78, 5) is 27.6. The summed E-state index contributed by atoms with van der Waals surface area (Å²) in [6.07, 6.45) is -3.01. The van der Waals surface area contributed by atoms with Gasteiger partial charge in [0.2, 0.25) is 5.88 Å². The second-order valence-electron chi connectivity index (χ2n) is 6.98. The highest BCUT2D eigenvalue weighted by Gasteiger charge is 2.31. The second kappa shape index (κ2) is 12.2. The summed E-state index contributed by atoms with van der Waals surface area (Å²) < 4.78 is 55.1. The number of hydrogen-bond donors (Lipinski definition) is 1. The molecule has 0 unspecified atom stereocenters. The average molecular weight is 468 g/mol. The van der Waals surface area contributed by atoms with Crippen LogP contribution in [0.1, 0.15) is 37.0 Å². The number of rotatable bonds is 11. The van der Waals surface area contributed by atoms with Crippen LogP contribution in [0.25, 0.3) is 11.1 Å². The number of nitrogens with zero attached hydrogens (tertiary/aromatic N) is 1. The molecule has 0 radical (unpaired) electrons. The van der Waals surface area contributed by atoms with Gasteiger partial charge in [0.05, 0.1) is 38.7 Å². The van der Waals surface area contributed by atoms with Crippen molar-refractivity contribution in [3.8, 4) is 17.0 Å². The van der Waals surface area contributed by atoms with E-state index in [1.807, 2.05) is 0 Å². The van der Waals surface area contributed by atoms with Crippen LogP contribution in [0.15, 0.2) is 30.5 Å². The quantitative estimate of drug-likeness (QED) is 0.395. The Balaban J connectivity index is 2.38. The summed E-state index contributed by atoms with van der Waals surface area (Å²) in [5.41, 5.74) is 0.965. The topological polar surface area (TPSA) is 86.8 Å². The number of carbonyl (C=O) groups is 2. The molecule has 33 heavy (non-hydrogen) atoms. The number of benzene rings is 1. The molecule has 2 rings (SSSR count). The molecule has 0 amide bonds. The summed E-state index contributed by atoms with van der Waals surface area (Å²) in [5, 5.41) is 2.98. The number of esters is 2.